The van der Waals surface area contributed by atoms with Crippen LogP contribution in [0, 0.1) is 0 Å². The van der Waals surface area contributed by atoms with Crippen LogP contribution in [0.4, 0.5) is 0 Å². The van der Waals surface area contributed by atoms with Crippen LogP contribution < -0.4 is 11.1 Å². The summed E-state index contributed by atoms with van der Waals surface area (Å²) in [4.78, 5) is 0. The molecule has 1 saturated heterocycles. The van der Waals surface area contributed by atoms with Crippen molar-refractivity contribution in [1.82, 2.24) is 5.32 Å². The Kier molecular flexibility index (Phi) is 2.42. The van der Waals surface area contributed by atoms with E-state index in [-0.39, 0.29) is 16.7 Å². The number of nitrogens with one attached hydrogen (secondary N) is 1. The van der Waals surface area contributed by atoms with E-state index < -0.39 is 0 Å². The smallest absolute Gasteiger partial charge is 0.0828 e. The Morgan fingerprint density at radius 3 is 2.20 bits per heavy atom. The predicted octanol–water partition coefficient (Wildman–Crippen LogP) is 1.41. The maximum Gasteiger partial charge on any atom is 0.0828 e. The minimum atomic E-state index is -0.173. The van der Waals surface area contributed by atoms with Crippen LogP contribution in [0.5, 0.6) is 0 Å². The van der Waals surface area contributed by atoms with Crippen molar-refractivity contribution in [3.8, 4) is 0 Å². The van der Waals surface area contributed by atoms with Crippen molar-refractivity contribution in [1.29, 1.82) is 0 Å². The molecule has 15 heavy (non-hydrogen) atoms. The molecule has 1 heterocycles. The molecule has 0 aromatic heterocycles. The molecule has 0 amide bonds. The van der Waals surface area contributed by atoms with Gasteiger partial charge in [-0.3, -0.25) is 0 Å². The second-order valence-electron chi connectivity index (χ2n) is 6.25. The normalized spacial score (nSPS) is 38.2. The van der Waals surface area contributed by atoms with Crippen molar-refractivity contribution in [2.45, 2.75) is 69.7 Å². The zero-order valence-corrected chi connectivity index (χ0v) is 10.4. The van der Waals surface area contributed by atoms with Crippen molar-refractivity contribution < 1.29 is 4.74 Å². The average molecular weight is 212 g/mol. The monoisotopic (exact) mass is 212 g/mol. The molecule has 1 aliphatic heterocycles. The number of hydrogen-bond acceptors (Lipinski definition) is 3. The lowest BCUT2D eigenvalue weighted by molar-refractivity contribution is -0.0822. The van der Waals surface area contributed by atoms with Crippen LogP contribution >= 0.6 is 0 Å². The standard InChI is InChI=1S/C12H24N2O/c1-10(2)7-12(8-13,11(3,4)15-10)14-9-5-6-9/h9,14H,5-8,13H2,1-4H3. The van der Waals surface area contributed by atoms with E-state index in [1.807, 2.05) is 0 Å². The van der Waals surface area contributed by atoms with Gasteiger partial charge in [-0.1, -0.05) is 0 Å². The SMILES string of the molecule is CC1(C)CC(CN)(NC2CC2)C(C)(C)O1. The van der Waals surface area contributed by atoms with Crippen molar-refractivity contribution >= 4 is 0 Å². The van der Waals surface area contributed by atoms with Gasteiger partial charge < -0.3 is 15.8 Å². The molecule has 0 aromatic carbocycles. The zero-order chi connectivity index (χ0) is 11.3. The van der Waals surface area contributed by atoms with E-state index in [0.717, 1.165) is 6.42 Å². The number of ether oxygens (including phenoxy) is 1. The topological polar surface area (TPSA) is 47.3 Å². The summed E-state index contributed by atoms with van der Waals surface area (Å²) in [5.41, 5.74) is 5.72. The van der Waals surface area contributed by atoms with Crippen LogP contribution in [0.3, 0.4) is 0 Å². The summed E-state index contributed by atoms with van der Waals surface area (Å²) in [6.45, 7) is 9.27. The van der Waals surface area contributed by atoms with Crippen molar-refractivity contribution in [3.63, 3.8) is 0 Å². The molecule has 0 spiro atoms. The summed E-state index contributed by atoms with van der Waals surface area (Å²) in [6.07, 6.45) is 3.58. The fourth-order valence-corrected chi connectivity index (χ4v) is 2.98. The number of rotatable bonds is 3. The van der Waals surface area contributed by atoms with Crippen molar-refractivity contribution in [3.05, 3.63) is 0 Å². The highest BCUT2D eigenvalue weighted by Crippen LogP contribution is 2.45. The molecule has 1 aliphatic carbocycles. The number of nitrogens with two attached hydrogens (primary N) is 1. The molecule has 3 heteroatoms. The van der Waals surface area contributed by atoms with Gasteiger partial charge in [0.15, 0.2) is 0 Å². The van der Waals surface area contributed by atoms with Gasteiger partial charge in [0, 0.05) is 12.6 Å². The quantitative estimate of drug-likeness (QED) is 0.743. The summed E-state index contributed by atoms with van der Waals surface area (Å²) >= 11 is 0. The van der Waals surface area contributed by atoms with Gasteiger partial charge in [-0.15, -0.1) is 0 Å². The van der Waals surface area contributed by atoms with E-state index in [9.17, 15) is 0 Å². The van der Waals surface area contributed by atoms with Crippen LogP contribution in [0.25, 0.3) is 0 Å². The molecule has 3 nitrogen and oxygen atoms in total. The van der Waals surface area contributed by atoms with E-state index in [0.29, 0.717) is 12.6 Å². The van der Waals surface area contributed by atoms with Crippen molar-refractivity contribution in [2.24, 2.45) is 5.73 Å². The van der Waals surface area contributed by atoms with Crippen LogP contribution in [0.1, 0.15) is 47.0 Å². The molecular formula is C12H24N2O. The van der Waals surface area contributed by atoms with Gasteiger partial charge >= 0.3 is 0 Å². The first kappa shape index (κ1) is 11.4. The lowest BCUT2D eigenvalue weighted by atomic mass is 9.79. The van der Waals surface area contributed by atoms with E-state index in [4.69, 9.17) is 10.5 Å². The Morgan fingerprint density at radius 1 is 1.27 bits per heavy atom. The minimum absolute atomic E-state index is 0.0440. The predicted molar refractivity (Wildman–Crippen MR) is 61.8 cm³/mol. The Morgan fingerprint density at radius 2 is 1.87 bits per heavy atom. The fraction of sp³-hybridized carbons (Fsp3) is 1.00. The molecule has 2 aliphatic rings. The second-order valence-corrected chi connectivity index (χ2v) is 6.25. The van der Waals surface area contributed by atoms with Gasteiger partial charge in [-0.25, -0.2) is 0 Å². The first-order valence-corrected chi connectivity index (χ1v) is 5.98. The summed E-state index contributed by atoms with van der Waals surface area (Å²) in [5, 5.41) is 3.71. The first-order valence-electron chi connectivity index (χ1n) is 5.98. The Labute approximate surface area is 92.7 Å². The van der Waals surface area contributed by atoms with E-state index in [1.54, 1.807) is 0 Å². The molecule has 2 fully saturated rings. The highest BCUT2D eigenvalue weighted by molar-refractivity contribution is 5.14. The molecule has 0 bridgehead atoms. The molecule has 0 radical (unpaired) electrons. The highest BCUT2D eigenvalue weighted by atomic mass is 16.5. The van der Waals surface area contributed by atoms with E-state index in [1.165, 1.54) is 12.8 Å². The first-order chi connectivity index (χ1) is 6.80. The summed E-state index contributed by atoms with van der Waals surface area (Å²) < 4.78 is 6.13. The maximum atomic E-state index is 6.13. The van der Waals surface area contributed by atoms with Gasteiger partial charge in [0.1, 0.15) is 0 Å². The summed E-state index contributed by atoms with van der Waals surface area (Å²) in [5.74, 6) is 0. The van der Waals surface area contributed by atoms with Crippen LogP contribution in [-0.4, -0.2) is 29.3 Å². The molecule has 1 unspecified atom stereocenters. The van der Waals surface area contributed by atoms with Crippen molar-refractivity contribution in [2.75, 3.05) is 6.54 Å². The Bertz CT molecular complexity index is 258. The third-order valence-corrected chi connectivity index (χ3v) is 3.82. The Balaban J connectivity index is 2.21. The molecule has 2 rings (SSSR count). The molecule has 1 saturated carbocycles. The summed E-state index contributed by atoms with van der Waals surface area (Å²) in [7, 11) is 0. The highest BCUT2D eigenvalue weighted by Gasteiger charge is 2.57. The van der Waals surface area contributed by atoms with Crippen LogP contribution in [0.2, 0.25) is 0 Å². The Hall–Kier alpha value is -0.120. The average Bonchev–Trinajstić information content (AvgIpc) is 2.80. The third-order valence-electron chi connectivity index (χ3n) is 3.82. The van der Waals surface area contributed by atoms with E-state index >= 15 is 0 Å². The lowest BCUT2D eigenvalue weighted by Crippen LogP contribution is -2.62. The lowest BCUT2D eigenvalue weighted by Gasteiger charge is -2.40. The molecule has 3 N–H and O–H groups in total. The van der Waals surface area contributed by atoms with Gasteiger partial charge in [0.05, 0.1) is 16.7 Å². The summed E-state index contributed by atoms with van der Waals surface area (Å²) in [6, 6.07) is 0.672. The minimum Gasteiger partial charge on any atom is -0.368 e. The molecule has 1 atom stereocenters. The fourth-order valence-electron chi connectivity index (χ4n) is 2.98. The third kappa shape index (κ3) is 1.93. The number of hydrogen-bond donors (Lipinski definition) is 2. The zero-order valence-electron chi connectivity index (χ0n) is 10.4. The van der Waals surface area contributed by atoms with Gasteiger partial charge in [0.25, 0.3) is 0 Å². The van der Waals surface area contributed by atoms with Crippen LogP contribution in [-0.2, 0) is 4.74 Å². The molecule has 0 aromatic rings. The van der Waals surface area contributed by atoms with Crippen LogP contribution in [0.15, 0.2) is 0 Å². The maximum absolute atomic E-state index is 6.13. The second kappa shape index (κ2) is 3.19. The van der Waals surface area contributed by atoms with Gasteiger partial charge in [-0.05, 0) is 47.0 Å². The van der Waals surface area contributed by atoms with E-state index in [2.05, 4.69) is 33.0 Å². The van der Waals surface area contributed by atoms with Gasteiger partial charge in [0.2, 0.25) is 0 Å². The molecule has 88 valence electrons. The van der Waals surface area contributed by atoms with Gasteiger partial charge in [-0.2, -0.15) is 0 Å². The molecular weight excluding hydrogens is 188 g/mol. The largest absolute Gasteiger partial charge is 0.368 e.